The highest BCUT2D eigenvalue weighted by Gasteiger charge is 2.33. The van der Waals surface area contributed by atoms with Gasteiger partial charge in [0, 0.05) is 23.7 Å². The zero-order valence-corrected chi connectivity index (χ0v) is 26.7. The lowest BCUT2D eigenvalue weighted by Gasteiger charge is -2.28. The van der Waals surface area contributed by atoms with Crippen molar-refractivity contribution in [2.24, 2.45) is 0 Å². The Labute approximate surface area is 275 Å². The lowest BCUT2D eigenvalue weighted by Crippen LogP contribution is -2.39. The molecular weight excluding hydrogens is 627 g/mol. The number of carbonyl (C=O) groups excluding carboxylic acids is 2. The fraction of sp³-hybridized carbons (Fsp3) is 0.250. The number of ether oxygens (including phenoxy) is 3. The molecule has 0 radical (unpaired) electrons. The summed E-state index contributed by atoms with van der Waals surface area (Å²) in [7, 11) is 0. The molecule has 0 N–H and O–H groups in total. The molecule has 0 saturated heterocycles. The Morgan fingerprint density at radius 3 is 2.23 bits per heavy atom. The van der Waals surface area contributed by atoms with Crippen LogP contribution in [0, 0.1) is 6.92 Å². The van der Waals surface area contributed by atoms with Gasteiger partial charge in [0.2, 0.25) is 0 Å². The van der Waals surface area contributed by atoms with Crippen molar-refractivity contribution in [3.63, 3.8) is 0 Å². The average Bonchev–Trinajstić information content (AvgIpc) is 3.44. The largest absolute Gasteiger partial charge is 0.545 e. The standard InChI is InChI=1S/C36H34F3N3O6/c1-23-18-25(10-15-29(23)33(43)44)31-20-40-32-30(41(17-16-36(37,38)39)34(45)48-35(2,3)4)19-28(21-42(31)32)47-27-13-11-26(12-14-27)46-22-24-8-6-5-7-9-24/h5-15,18-21H,16-17,22H2,1-4H3,(H,43,44)/p-1. The van der Waals surface area contributed by atoms with Crippen LogP contribution >= 0.6 is 0 Å². The van der Waals surface area contributed by atoms with E-state index in [9.17, 15) is 27.9 Å². The Morgan fingerprint density at radius 2 is 1.60 bits per heavy atom. The number of aromatic carboxylic acids is 1. The highest BCUT2D eigenvalue weighted by atomic mass is 19.4. The summed E-state index contributed by atoms with van der Waals surface area (Å²) >= 11 is 0. The minimum Gasteiger partial charge on any atom is -0.545 e. The number of carboxylic acid groups (broad SMARTS) is 1. The zero-order valence-electron chi connectivity index (χ0n) is 26.7. The number of hydrogen-bond donors (Lipinski definition) is 0. The van der Waals surface area contributed by atoms with Crippen LogP contribution in [0.25, 0.3) is 16.9 Å². The van der Waals surface area contributed by atoms with Crippen molar-refractivity contribution in [1.29, 1.82) is 0 Å². The third-order valence-electron chi connectivity index (χ3n) is 7.13. The number of aryl methyl sites for hydroxylation is 1. The molecule has 0 unspecified atom stereocenters. The van der Waals surface area contributed by atoms with Crippen LogP contribution in [0.2, 0.25) is 0 Å². The number of carbonyl (C=O) groups is 2. The van der Waals surface area contributed by atoms with Crippen molar-refractivity contribution in [2.45, 2.75) is 52.5 Å². The molecule has 0 aliphatic heterocycles. The van der Waals surface area contributed by atoms with Crippen LogP contribution in [-0.2, 0) is 11.3 Å². The first-order valence-electron chi connectivity index (χ1n) is 15.0. The van der Waals surface area contributed by atoms with E-state index in [1.54, 1.807) is 74.7 Å². The van der Waals surface area contributed by atoms with Crippen LogP contribution in [0.15, 0.2) is 91.3 Å². The second-order valence-corrected chi connectivity index (χ2v) is 12.1. The third-order valence-corrected chi connectivity index (χ3v) is 7.13. The van der Waals surface area contributed by atoms with Gasteiger partial charge in [-0.15, -0.1) is 0 Å². The van der Waals surface area contributed by atoms with Crippen LogP contribution in [0.5, 0.6) is 17.2 Å². The van der Waals surface area contributed by atoms with Gasteiger partial charge in [0.05, 0.1) is 36.2 Å². The lowest BCUT2D eigenvalue weighted by atomic mass is 10.0. The number of hydrogen-bond acceptors (Lipinski definition) is 7. The highest BCUT2D eigenvalue weighted by molar-refractivity contribution is 5.94. The van der Waals surface area contributed by atoms with Crippen LogP contribution in [0.1, 0.15) is 48.7 Å². The summed E-state index contributed by atoms with van der Waals surface area (Å²) in [4.78, 5) is 30.3. The van der Waals surface area contributed by atoms with Gasteiger partial charge in [-0.25, -0.2) is 9.78 Å². The van der Waals surface area contributed by atoms with E-state index in [1.807, 2.05) is 30.3 Å². The Hall–Kier alpha value is -5.52. The number of benzene rings is 3. The monoisotopic (exact) mass is 660 g/mol. The van der Waals surface area contributed by atoms with Gasteiger partial charge in [-0.05, 0) is 69.2 Å². The van der Waals surface area contributed by atoms with E-state index in [0.29, 0.717) is 34.9 Å². The minimum atomic E-state index is -4.56. The minimum absolute atomic E-state index is 0.0109. The normalized spacial score (nSPS) is 11.7. The number of anilines is 1. The molecule has 9 nitrogen and oxygen atoms in total. The maximum atomic E-state index is 13.5. The molecule has 1 amide bonds. The third kappa shape index (κ3) is 8.44. The second kappa shape index (κ2) is 13.7. The summed E-state index contributed by atoms with van der Waals surface area (Å²) in [5, 5.41) is 11.5. The van der Waals surface area contributed by atoms with Gasteiger partial charge in [0.1, 0.15) is 29.5 Å². The number of halogens is 3. The van der Waals surface area contributed by atoms with E-state index in [-0.39, 0.29) is 22.6 Å². The van der Waals surface area contributed by atoms with Crippen molar-refractivity contribution in [3.8, 4) is 28.5 Å². The number of aromatic nitrogens is 2. The molecule has 12 heteroatoms. The van der Waals surface area contributed by atoms with E-state index in [4.69, 9.17) is 14.2 Å². The van der Waals surface area contributed by atoms with Crippen molar-refractivity contribution in [1.82, 2.24) is 9.38 Å². The van der Waals surface area contributed by atoms with E-state index >= 15 is 0 Å². The summed E-state index contributed by atoms with van der Waals surface area (Å²) in [6, 6.07) is 22.5. The van der Waals surface area contributed by atoms with Gasteiger partial charge in [0.15, 0.2) is 5.65 Å². The number of amides is 1. The summed E-state index contributed by atoms with van der Waals surface area (Å²) in [5.74, 6) is -0.164. The van der Waals surface area contributed by atoms with E-state index in [1.165, 1.54) is 18.3 Å². The molecule has 48 heavy (non-hydrogen) atoms. The molecule has 0 spiro atoms. The summed E-state index contributed by atoms with van der Waals surface area (Å²) < 4.78 is 59.5. The van der Waals surface area contributed by atoms with Gasteiger partial charge in [0.25, 0.3) is 0 Å². The SMILES string of the molecule is Cc1cc(-c2cnc3c(N(CCC(F)(F)F)C(=O)OC(C)(C)C)cc(Oc4ccc(OCc5ccccc5)cc4)cn23)ccc1C(=O)[O-]. The first kappa shape index (κ1) is 33.8. The Kier molecular flexibility index (Phi) is 9.64. The molecule has 0 fully saturated rings. The van der Waals surface area contributed by atoms with Crippen LogP contribution in [-0.4, -0.2) is 39.8 Å². The molecule has 0 saturated carbocycles. The van der Waals surface area contributed by atoms with Gasteiger partial charge in [-0.1, -0.05) is 42.5 Å². The lowest BCUT2D eigenvalue weighted by molar-refractivity contribution is -0.255. The van der Waals surface area contributed by atoms with Crippen LogP contribution in [0.4, 0.5) is 23.7 Å². The quantitative estimate of drug-likeness (QED) is 0.151. The molecule has 2 aromatic heterocycles. The van der Waals surface area contributed by atoms with Crippen molar-refractivity contribution < 1.29 is 42.1 Å². The van der Waals surface area contributed by atoms with Crippen molar-refractivity contribution >= 4 is 23.4 Å². The summed E-state index contributed by atoms with van der Waals surface area (Å²) in [6.45, 7) is 6.08. The first-order chi connectivity index (χ1) is 22.7. The smallest absolute Gasteiger partial charge is 0.414 e. The Morgan fingerprint density at radius 1 is 0.917 bits per heavy atom. The first-order valence-corrected chi connectivity index (χ1v) is 15.0. The fourth-order valence-corrected chi connectivity index (χ4v) is 4.91. The molecule has 0 bridgehead atoms. The highest BCUT2D eigenvalue weighted by Crippen LogP contribution is 2.35. The van der Waals surface area contributed by atoms with Gasteiger partial charge in [-0.3, -0.25) is 9.30 Å². The number of carboxylic acids is 1. The van der Waals surface area contributed by atoms with E-state index in [2.05, 4.69) is 4.98 Å². The maximum Gasteiger partial charge on any atom is 0.414 e. The van der Waals surface area contributed by atoms with Crippen molar-refractivity contribution in [3.05, 3.63) is 108 Å². The average molecular weight is 661 g/mol. The van der Waals surface area contributed by atoms with E-state index < -0.39 is 36.8 Å². The maximum absolute atomic E-state index is 13.5. The predicted molar refractivity (Wildman–Crippen MR) is 171 cm³/mol. The molecule has 0 aliphatic carbocycles. The van der Waals surface area contributed by atoms with Gasteiger partial charge >= 0.3 is 12.3 Å². The molecule has 2 heterocycles. The van der Waals surface area contributed by atoms with Crippen molar-refractivity contribution in [2.75, 3.05) is 11.4 Å². The molecule has 5 rings (SSSR count). The number of fused-ring (bicyclic) bond motifs is 1. The predicted octanol–water partition coefficient (Wildman–Crippen LogP) is 7.74. The molecule has 3 aromatic carbocycles. The molecular formula is C36H33F3N3O6-. The van der Waals surface area contributed by atoms with Crippen LogP contribution in [0.3, 0.4) is 0 Å². The van der Waals surface area contributed by atoms with E-state index in [0.717, 1.165) is 10.5 Å². The Bertz CT molecular complexity index is 1920. The zero-order chi connectivity index (χ0) is 34.6. The fourth-order valence-electron chi connectivity index (χ4n) is 4.91. The van der Waals surface area contributed by atoms with Crippen LogP contribution < -0.4 is 19.5 Å². The molecule has 0 atom stereocenters. The molecule has 250 valence electrons. The number of rotatable bonds is 10. The topological polar surface area (TPSA) is 105 Å². The van der Waals surface area contributed by atoms with Gasteiger partial charge in [-0.2, -0.15) is 13.2 Å². The number of alkyl halides is 3. The number of pyridine rings is 1. The number of nitrogens with zero attached hydrogens (tertiary/aromatic N) is 3. The molecule has 0 aliphatic rings. The molecule has 5 aromatic rings. The summed E-state index contributed by atoms with van der Waals surface area (Å²) in [6.07, 6.45) is -3.80. The number of imidazole rings is 1. The Balaban J connectivity index is 1.56. The summed E-state index contributed by atoms with van der Waals surface area (Å²) in [5.41, 5.74) is 1.64. The van der Waals surface area contributed by atoms with Gasteiger partial charge < -0.3 is 24.1 Å². The second-order valence-electron chi connectivity index (χ2n) is 12.1.